The zero-order valence-corrected chi connectivity index (χ0v) is 10.1. The van der Waals surface area contributed by atoms with Gasteiger partial charge < -0.3 is 10.2 Å². The van der Waals surface area contributed by atoms with E-state index < -0.39 is 0 Å². The largest absolute Gasteiger partial charge is 0.313 e. The van der Waals surface area contributed by atoms with E-state index in [1.54, 1.807) is 0 Å². The maximum Gasteiger partial charge on any atom is 0.0161 e. The van der Waals surface area contributed by atoms with Crippen molar-refractivity contribution in [2.45, 2.75) is 33.6 Å². The highest BCUT2D eigenvalue weighted by atomic mass is 15.1. The van der Waals surface area contributed by atoms with E-state index in [2.05, 4.69) is 37.6 Å². The second-order valence-corrected chi connectivity index (χ2v) is 3.66. The minimum absolute atomic E-state index is 0.981. The Morgan fingerprint density at radius 3 is 2.36 bits per heavy atom. The second-order valence-electron chi connectivity index (χ2n) is 3.66. The van der Waals surface area contributed by atoms with Gasteiger partial charge in [-0.1, -0.05) is 32.9 Å². The van der Waals surface area contributed by atoms with Crippen molar-refractivity contribution >= 4 is 0 Å². The zero-order valence-electron chi connectivity index (χ0n) is 10.1. The standard InChI is InChI=1S/C12H26N2/c1-5-12(4)11-13-9-8-10-14(6-2)7-3/h13H,4-11H2,1-3H3. The summed E-state index contributed by atoms with van der Waals surface area (Å²) in [7, 11) is 0. The van der Waals surface area contributed by atoms with Gasteiger partial charge in [-0.15, -0.1) is 0 Å². The second kappa shape index (κ2) is 9.22. The molecule has 0 amide bonds. The fourth-order valence-corrected chi connectivity index (χ4v) is 1.36. The van der Waals surface area contributed by atoms with Crippen molar-refractivity contribution in [1.82, 2.24) is 10.2 Å². The Labute approximate surface area is 89.4 Å². The predicted octanol–water partition coefficient (Wildman–Crippen LogP) is 2.27. The van der Waals surface area contributed by atoms with Crippen LogP contribution >= 0.6 is 0 Å². The molecule has 0 saturated carbocycles. The van der Waals surface area contributed by atoms with Crippen molar-refractivity contribution in [3.63, 3.8) is 0 Å². The van der Waals surface area contributed by atoms with Gasteiger partial charge in [-0.25, -0.2) is 0 Å². The predicted molar refractivity (Wildman–Crippen MR) is 64.7 cm³/mol. The first-order chi connectivity index (χ1) is 6.74. The first-order valence-electron chi connectivity index (χ1n) is 5.84. The third-order valence-corrected chi connectivity index (χ3v) is 2.60. The number of nitrogens with one attached hydrogen (secondary N) is 1. The Kier molecular flexibility index (Phi) is 9.00. The molecule has 0 aromatic carbocycles. The van der Waals surface area contributed by atoms with Crippen LogP contribution in [0.2, 0.25) is 0 Å². The summed E-state index contributed by atoms with van der Waals surface area (Å²) >= 11 is 0. The minimum atomic E-state index is 0.981. The van der Waals surface area contributed by atoms with Gasteiger partial charge in [-0.2, -0.15) is 0 Å². The minimum Gasteiger partial charge on any atom is -0.313 e. The highest BCUT2D eigenvalue weighted by Gasteiger charge is 1.97. The molecule has 84 valence electrons. The molecular weight excluding hydrogens is 172 g/mol. The summed E-state index contributed by atoms with van der Waals surface area (Å²) in [6.07, 6.45) is 2.32. The van der Waals surface area contributed by atoms with Gasteiger partial charge in [0.15, 0.2) is 0 Å². The van der Waals surface area contributed by atoms with Gasteiger partial charge in [0, 0.05) is 6.54 Å². The van der Waals surface area contributed by atoms with E-state index in [4.69, 9.17) is 0 Å². The van der Waals surface area contributed by atoms with E-state index >= 15 is 0 Å². The van der Waals surface area contributed by atoms with E-state index in [1.807, 2.05) is 0 Å². The van der Waals surface area contributed by atoms with Gasteiger partial charge >= 0.3 is 0 Å². The van der Waals surface area contributed by atoms with Gasteiger partial charge in [0.2, 0.25) is 0 Å². The van der Waals surface area contributed by atoms with Gasteiger partial charge in [0.1, 0.15) is 0 Å². The lowest BCUT2D eigenvalue weighted by atomic mass is 10.2. The van der Waals surface area contributed by atoms with Crippen molar-refractivity contribution < 1.29 is 0 Å². The Balaban J connectivity index is 3.24. The lowest BCUT2D eigenvalue weighted by Gasteiger charge is -2.17. The highest BCUT2D eigenvalue weighted by Crippen LogP contribution is 1.93. The Morgan fingerprint density at radius 2 is 1.86 bits per heavy atom. The summed E-state index contributed by atoms with van der Waals surface area (Å²) in [4.78, 5) is 2.45. The van der Waals surface area contributed by atoms with E-state index in [0.29, 0.717) is 0 Å². The third-order valence-electron chi connectivity index (χ3n) is 2.60. The van der Waals surface area contributed by atoms with Gasteiger partial charge in [-0.05, 0) is 39.0 Å². The lowest BCUT2D eigenvalue weighted by Crippen LogP contribution is -2.27. The number of rotatable bonds is 9. The molecule has 0 spiro atoms. The number of nitrogens with zero attached hydrogens (tertiary/aromatic N) is 1. The van der Waals surface area contributed by atoms with Crippen molar-refractivity contribution in [3.05, 3.63) is 12.2 Å². The zero-order chi connectivity index (χ0) is 10.8. The molecule has 0 heterocycles. The summed E-state index contributed by atoms with van der Waals surface area (Å²) in [5.74, 6) is 0. The lowest BCUT2D eigenvalue weighted by molar-refractivity contribution is 0.298. The molecule has 2 nitrogen and oxygen atoms in total. The van der Waals surface area contributed by atoms with Crippen molar-refractivity contribution in [1.29, 1.82) is 0 Å². The van der Waals surface area contributed by atoms with E-state index in [1.165, 1.54) is 18.5 Å². The third kappa shape index (κ3) is 7.10. The summed E-state index contributed by atoms with van der Waals surface area (Å²) < 4.78 is 0. The Hall–Kier alpha value is -0.340. The normalized spacial score (nSPS) is 10.9. The topological polar surface area (TPSA) is 15.3 Å². The van der Waals surface area contributed by atoms with Crippen LogP contribution in [-0.2, 0) is 0 Å². The van der Waals surface area contributed by atoms with Gasteiger partial charge in [0.25, 0.3) is 0 Å². The summed E-state index contributed by atoms with van der Waals surface area (Å²) in [6, 6.07) is 0. The SMILES string of the molecule is C=C(CC)CNCCCN(CC)CC. The molecule has 0 rings (SSSR count). The summed E-state index contributed by atoms with van der Waals surface area (Å²) in [6.45, 7) is 16.2. The first-order valence-corrected chi connectivity index (χ1v) is 5.84. The monoisotopic (exact) mass is 198 g/mol. The van der Waals surface area contributed by atoms with Crippen LogP contribution in [0.4, 0.5) is 0 Å². The molecule has 2 heteroatoms. The maximum atomic E-state index is 3.97. The summed E-state index contributed by atoms with van der Waals surface area (Å²) in [5, 5.41) is 3.41. The van der Waals surface area contributed by atoms with E-state index in [-0.39, 0.29) is 0 Å². The Morgan fingerprint density at radius 1 is 1.21 bits per heavy atom. The molecule has 14 heavy (non-hydrogen) atoms. The molecule has 0 atom stereocenters. The highest BCUT2D eigenvalue weighted by molar-refractivity contribution is 4.94. The Bertz CT molecular complexity index is 139. The van der Waals surface area contributed by atoms with Crippen LogP contribution in [0.3, 0.4) is 0 Å². The van der Waals surface area contributed by atoms with Crippen LogP contribution in [-0.4, -0.2) is 37.6 Å². The van der Waals surface area contributed by atoms with Crippen LogP contribution in [0.5, 0.6) is 0 Å². The van der Waals surface area contributed by atoms with E-state index in [9.17, 15) is 0 Å². The summed E-state index contributed by atoms with van der Waals surface area (Å²) in [5.41, 5.74) is 1.30. The molecule has 0 aromatic heterocycles. The average molecular weight is 198 g/mol. The smallest absolute Gasteiger partial charge is 0.0161 e. The van der Waals surface area contributed by atoms with Crippen LogP contribution < -0.4 is 5.32 Å². The molecule has 1 N–H and O–H groups in total. The molecule has 0 bridgehead atoms. The van der Waals surface area contributed by atoms with Crippen LogP contribution in [0.1, 0.15) is 33.6 Å². The van der Waals surface area contributed by atoms with E-state index in [0.717, 1.165) is 32.6 Å². The maximum absolute atomic E-state index is 3.97. The molecule has 0 unspecified atom stereocenters. The average Bonchev–Trinajstić information content (AvgIpc) is 2.23. The molecule has 0 saturated heterocycles. The molecule has 0 aliphatic rings. The van der Waals surface area contributed by atoms with Gasteiger partial charge in [-0.3, -0.25) is 0 Å². The molecule has 0 fully saturated rings. The molecule has 0 aromatic rings. The quantitative estimate of drug-likeness (QED) is 0.452. The van der Waals surface area contributed by atoms with Crippen molar-refractivity contribution in [3.8, 4) is 0 Å². The fourth-order valence-electron chi connectivity index (χ4n) is 1.36. The van der Waals surface area contributed by atoms with Crippen molar-refractivity contribution in [2.75, 3.05) is 32.7 Å². The molecule has 0 radical (unpaired) electrons. The first kappa shape index (κ1) is 13.7. The van der Waals surface area contributed by atoms with Crippen LogP contribution in [0.15, 0.2) is 12.2 Å². The fraction of sp³-hybridized carbons (Fsp3) is 0.833. The molecular formula is C12H26N2. The molecule has 0 aliphatic carbocycles. The van der Waals surface area contributed by atoms with Crippen LogP contribution in [0, 0.1) is 0 Å². The van der Waals surface area contributed by atoms with Crippen molar-refractivity contribution in [2.24, 2.45) is 0 Å². The molecule has 0 aliphatic heterocycles. The van der Waals surface area contributed by atoms with Gasteiger partial charge in [0.05, 0.1) is 0 Å². The number of hydrogen-bond donors (Lipinski definition) is 1. The van der Waals surface area contributed by atoms with Crippen LogP contribution in [0.25, 0.3) is 0 Å². The number of hydrogen-bond acceptors (Lipinski definition) is 2.